The lowest BCUT2D eigenvalue weighted by Crippen LogP contribution is -2.62. The first kappa shape index (κ1) is 22.5. The van der Waals surface area contributed by atoms with Gasteiger partial charge in [-0.25, -0.2) is 0 Å². The first-order valence-electron chi connectivity index (χ1n) is 12.3. The van der Waals surface area contributed by atoms with E-state index in [4.69, 9.17) is 10.5 Å². The van der Waals surface area contributed by atoms with Crippen LogP contribution in [0.1, 0.15) is 78.6 Å². The summed E-state index contributed by atoms with van der Waals surface area (Å²) < 4.78 is 4.84. The number of rotatable bonds is 4. The Balaban J connectivity index is 1.58. The van der Waals surface area contributed by atoms with Gasteiger partial charge < -0.3 is 20.7 Å². The topological polar surface area (TPSA) is 92.8 Å². The molecule has 0 aromatic rings. The van der Waals surface area contributed by atoms with Gasteiger partial charge in [-0.05, 0) is 97.7 Å². The van der Waals surface area contributed by atoms with Crippen LogP contribution in [0.2, 0.25) is 0 Å². The van der Waals surface area contributed by atoms with Crippen molar-refractivity contribution in [2.24, 2.45) is 52.1 Å². The monoisotopic (exact) mass is 421 g/mol. The standard InChI is InChI=1S/C25H43NO4/c1-14(5-8-22(29)30-4)17-6-7-18-23-19(13-21(28)25(17,18)3)24(2)10-9-16(26)11-15(24)12-20(23)27/h14-21,23,27-28H,5-13,26H2,1-4H3/t14?,15-,16+,17?,18?,19?,20-,21?,23+,24?,25?/m0/s1. The summed E-state index contributed by atoms with van der Waals surface area (Å²) in [5, 5.41) is 22.9. The number of hydrogen-bond donors (Lipinski definition) is 3. The van der Waals surface area contributed by atoms with Gasteiger partial charge in [0.1, 0.15) is 0 Å². The Hall–Kier alpha value is -0.650. The first-order valence-corrected chi connectivity index (χ1v) is 12.3. The number of aliphatic hydroxyl groups is 2. The van der Waals surface area contributed by atoms with Crippen LogP contribution in [0.25, 0.3) is 0 Å². The molecule has 11 atom stereocenters. The molecule has 4 aliphatic carbocycles. The predicted molar refractivity (Wildman–Crippen MR) is 116 cm³/mol. The Morgan fingerprint density at radius 2 is 1.87 bits per heavy atom. The highest BCUT2D eigenvalue weighted by molar-refractivity contribution is 5.69. The average molecular weight is 422 g/mol. The number of hydrogen-bond acceptors (Lipinski definition) is 5. The van der Waals surface area contributed by atoms with Crippen LogP contribution < -0.4 is 5.73 Å². The molecule has 4 saturated carbocycles. The predicted octanol–water partition coefficient (Wildman–Crippen LogP) is 3.50. The quantitative estimate of drug-likeness (QED) is 0.604. The fraction of sp³-hybridized carbons (Fsp3) is 0.960. The van der Waals surface area contributed by atoms with Gasteiger partial charge in [-0.15, -0.1) is 0 Å². The third-order valence-electron chi connectivity index (χ3n) is 10.6. The first-order chi connectivity index (χ1) is 14.1. The summed E-state index contributed by atoms with van der Waals surface area (Å²) in [7, 11) is 1.45. The molecular weight excluding hydrogens is 378 g/mol. The molecule has 0 spiro atoms. The molecule has 0 bridgehead atoms. The van der Waals surface area contributed by atoms with Gasteiger partial charge in [0.2, 0.25) is 0 Å². The highest BCUT2D eigenvalue weighted by Gasteiger charge is 2.65. The average Bonchev–Trinajstić information content (AvgIpc) is 3.06. The second kappa shape index (κ2) is 8.04. The normalized spacial score (nSPS) is 51.4. The van der Waals surface area contributed by atoms with Crippen molar-refractivity contribution in [2.45, 2.75) is 96.8 Å². The van der Waals surface area contributed by atoms with Crippen LogP contribution in [0.3, 0.4) is 0 Å². The van der Waals surface area contributed by atoms with Gasteiger partial charge in [-0.3, -0.25) is 4.79 Å². The van der Waals surface area contributed by atoms with Crippen molar-refractivity contribution in [3.63, 3.8) is 0 Å². The van der Waals surface area contributed by atoms with E-state index in [1.165, 1.54) is 7.11 Å². The Labute approximate surface area is 182 Å². The van der Waals surface area contributed by atoms with Crippen LogP contribution in [0.15, 0.2) is 0 Å². The van der Waals surface area contributed by atoms with E-state index >= 15 is 0 Å². The smallest absolute Gasteiger partial charge is 0.305 e. The Bertz CT molecular complexity index is 655. The zero-order chi connectivity index (χ0) is 21.8. The molecule has 0 aliphatic heterocycles. The Morgan fingerprint density at radius 3 is 2.57 bits per heavy atom. The van der Waals surface area contributed by atoms with E-state index in [-0.39, 0.29) is 41.0 Å². The van der Waals surface area contributed by atoms with E-state index in [1.807, 2.05) is 0 Å². The molecule has 5 heteroatoms. The second-order valence-corrected chi connectivity index (χ2v) is 11.7. The number of methoxy groups -OCH3 is 1. The molecule has 0 saturated heterocycles. The van der Waals surface area contributed by atoms with E-state index < -0.39 is 0 Å². The van der Waals surface area contributed by atoms with Crippen molar-refractivity contribution in [3.05, 3.63) is 0 Å². The SMILES string of the molecule is COC(=O)CCC(C)C1CCC2[C@@H]3C(CC(O)C12C)C1(C)CC[C@@H](N)C[C@H]1C[C@@H]3O. The van der Waals surface area contributed by atoms with Gasteiger partial charge in [-0.1, -0.05) is 20.8 Å². The molecule has 30 heavy (non-hydrogen) atoms. The van der Waals surface area contributed by atoms with Crippen molar-refractivity contribution in [1.82, 2.24) is 0 Å². The van der Waals surface area contributed by atoms with Crippen LogP contribution in [-0.2, 0) is 9.53 Å². The van der Waals surface area contributed by atoms with E-state index in [0.29, 0.717) is 36.0 Å². The van der Waals surface area contributed by atoms with Gasteiger partial charge in [0, 0.05) is 12.5 Å². The number of carbonyl (C=O) groups excluding carboxylic acids is 1. The van der Waals surface area contributed by atoms with Crippen LogP contribution in [-0.4, -0.2) is 41.5 Å². The molecule has 4 rings (SSSR count). The van der Waals surface area contributed by atoms with Crippen molar-refractivity contribution in [3.8, 4) is 0 Å². The maximum absolute atomic E-state index is 11.7. The summed E-state index contributed by atoms with van der Waals surface area (Å²) in [6.07, 6.45) is 7.69. The molecule has 4 N–H and O–H groups in total. The molecule has 172 valence electrons. The number of carbonyl (C=O) groups is 1. The lowest BCUT2D eigenvalue weighted by atomic mass is 9.43. The highest BCUT2D eigenvalue weighted by Crippen LogP contribution is 2.68. The minimum absolute atomic E-state index is 0.150. The van der Waals surface area contributed by atoms with E-state index in [2.05, 4.69) is 20.8 Å². The molecule has 4 fully saturated rings. The lowest BCUT2D eigenvalue weighted by molar-refractivity contribution is -0.202. The van der Waals surface area contributed by atoms with Crippen molar-refractivity contribution in [1.29, 1.82) is 0 Å². The van der Waals surface area contributed by atoms with E-state index in [0.717, 1.165) is 51.4 Å². The van der Waals surface area contributed by atoms with Crippen LogP contribution in [0.5, 0.6) is 0 Å². The third-order valence-corrected chi connectivity index (χ3v) is 10.6. The molecular formula is C25H43NO4. The summed E-state index contributed by atoms with van der Waals surface area (Å²) in [5.41, 5.74) is 6.31. The molecule has 0 amide bonds. The summed E-state index contributed by atoms with van der Waals surface area (Å²) in [5.74, 6) is 2.11. The number of nitrogens with two attached hydrogens (primary N) is 1. The van der Waals surface area contributed by atoms with Gasteiger partial charge in [0.15, 0.2) is 0 Å². The number of aliphatic hydroxyl groups excluding tert-OH is 2. The van der Waals surface area contributed by atoms with E-state index in [1.54, 1.807) is 0 Å². The molecule has 7 unspecified atom stereocenters. The summed E-state index contributed by atoms with van der Waals surface area (Å²) in [4.78, 5) is 11.7. The summed E-state index contributed by atoms with van der Waals surface area (Å²) >= 11 is 0. The molecule has 4 aliphatic rings. The zero-order valence-corrected chi connectivity index (χ0v) is 19.3. The third kappa shape index (κ3) is 3.34. The van der Waals surface area contributed by atoms with E-state index in [9.17, 15) is 15.0 Å². The lowest BCUT2D eigenvalue weighted by Gasteiger charge is -2.63. The molecule has 0 aromatic carbocycles. The number of esters is 1. The largest absolute Gasteiger partial charge is 0.469 e. The molecule has 0 heterocycles. The minimum atomic E-state index is -0.338. The molecule has 5 nitrogen and oxygen atoms in total. The van der Waals surface area contributed by atoms with Gasteiger partial charge in [-0.2, -0.15) is 0 Å². The summed E-state index contributed by atoms with van der Waals surface area (Å²) in [6.45, 7) is 6.94. The van der Waals surface area contributed by atoms with Gasteiger partial charge >= 0.3 is 5.97 Å². The molecule has 0 radical (unpaired) electrons. The fourth-order valence-corrected chi connectivity index (χ4v) is 8.84. The fourth-order valence-electron chi connectivity index (χ4n) is 8.84. The second-order valence-electron chi connectivity index (χ2n) is 11.7. The van der Waals surface area contributed by atoms with Crippen molar-refractivity contribution in [2.75, 3.05) is 7.11 Å². The number of fused-ring (bicyclic) bond motifs is 5. The Kier molecular flexibility index (Phi) is 6.04. The number of ether oxygens (including phenoxy) is 1. The van der Waals surface area contributed by atoms with Crippen LogP contribution >= 0.6 is 0 Å². The minimum Gasteiger partial charge on any atom is -0.469 e. The molecule has 0 aromatic heterocycles. The van der Waals surface area contributed by atoms with Crippen molar-refractivity contribution >= 4 is 5.97 Å². The van der Waals surface area contributed by atoms with Crippen LogP contribution in [0, 0.1) is 46.3 Å². The van der Waals surface area contributed by atoms with Crippen molar-refractivity contribution < 1.29 is 19.7 Å². The van der Waals surface area contributed by atoms with Crippen LogP contribution in [0.4, 0.5) is 0 Å². The highest BCUT2D eigenvalue weighted by atomic mass is 16.5. The van der Waals surface area contributed by atoms with Gasteiger partial charge in [0.25, 0.3) is 0 Å². The maximum atomic E-state index is 11.7. The Morgan fingerprint density at radius 1 is 1.13 bits per heavy atom. The maximum Gasteiger partial charge on any atom is 0.305 e. The summed E-state index contributed by atoms with van der Waals surface area (Å²) in [6, 6.07) is 0.261. The zero-order valence-electron chi connectivity index (χ0n) is 19.3. The van der Waals surface area contributed by atoms with Gasteiger partial charge in [0.05, 0.1) is 19.3 Å².